The van der Waals surface area contributed by atoms with Crippen molar-refractivity contribution in [2.75, 3.05) is 26.7 Å². The summed E-state index contributed by atoms with van der Waals surface area (Å²) in [6.45, 7) is 2.76. The highest BCUT2D eigenvalue weighted by Crippen LogP contribution is 2.46. The number of hydrogen-bond acceptors (Lipinski definition) is 3. The zero-order chi connectivity index (χ0) is 12.3. The standard InChI is InChI=1S/C13H23NO3/c1-17-11-4-2-6-13(11)7-3-8-14(10-13)9-5-12(15)16/h11H,2-10H2,1H3,(H,15,16)/t11-,13+/m1/s1. The third-order valence-corrected chi connectivity index (χ3v) is 4.44. The van der Waals surface area contributed by atoms with Gasteiger partial charge in [0.2, 0.25) is 0 Å². The van der Waals surface area contributed by atoms with Gasteiger partial charge in [-0.1, -0.05) is 6.42 Å². The van der Waals surface area contributed by atoms with Gasteiger partial charge in [-0.25, -0.2) is 0 Å². The number of carboxylic acids is 1. The lowest BCUT2D eigenvalue weighted by atomic mass is 9.76. The Hall–Kier alpha value is -0.610. The van der Waals surface area contributed by atoms with Crippen molar-refractivity contribution in [2.45, 2.75) is 44.6 Å². The lowest BCUT2D eigenvalue weighted by molar-refractivity contribution is -0.137. The van der Waals surface area contributed by atoms with Crippen molar-refractivity contribution in [1.82, 2.24) is 4.90 Å². The molecule has 98 valence electrons. The van der Waals surface area contributed by atoms with Crippen molar-refractivity contribution in [1.29, 1.82) is 0 Å². The molecule has 1 saturated carbocycles. The van der Waals surface area contributed by atoms with Gasteiger partial charge in [0.05, 0.1) is 12.5 Å². The maximum absolute atomic E-state index is 10.6. The van der Waals surface area contributed by atoms with Crippen LogP contribution in [0.25, 0.3) is 0 Å². The Morgan fingerprint density at radius 1 is 1.47 bits per heavy atom. The minimum Gasteiger partial charge on any atom is -0.481 e. The van der Waals surface area contributed by atoms with Crippen LogP contribution >= 0.6 is 0 Å². The molecular formula is C13H23NO3. The van der Waals surface area contributed by atoms with Gasteiger partial charge in [0.1, 0.15) is 0 Å². The van der Waals surface area contributed by atoms with Gasteiger partial charge in [0, 0.05) is 25.6 Å². The Balaban J connectivity index is 1.93. The van der Waals surface area contributed by atoms with Crippen LogP contribution in [0.15, 0.2) is 0 Å². The zero-order valence-electron chi connectivity index (χ0n) is 10.7. The van der Waals surface area contributed by atoms with E-state index in [4.69, 9.17) is 9.84 Å². The number of hydrogen-bond donors (Lipinski definition) is 1. The van der Waals surface area contributed by atoms with Crippen LogP contribution in [0, 0.1) is 5.41 Å². The van der Waals surface area contributed by atoms with Crippen LogP contribution in [-0.2, 0) is 9.53 Å². The zero-order valence-corrected chi connectivity index (χ0v) is 10.7. The Labute approximate surface area is 103 Å². The highest BCUT2D eigenvalue weighted by atomic mass is 16.5. The lowest BCUT2D eigenvalue weighted by Crippen LogP contribution is -2.48. The Morgan fingerprint density at radius 3 is 2.94 bits per heavy atom. The van der Waals surface area contributed by atoms with E-state index in [0.29, 0.717) is 18.1 Å². The van der Waals surface area contributed by atoms with E-state index in [1.54, 1.807) is 0 Å². The minimum absolute atomic E-state index is 0.258. The normalized spacial score (nSPS) is 34.3. The fourth-order valence-corrected chi connectivity index (χ4v) is 3.64. The van der Waals surface area contributed by atoms with Crippen molar-refractivity contribution in [2.24, 2.45) is 5.41 Å². The van der Waals surface area contributed by atoms with E-state index in [1.165, 1.54) is 32.1 Å². The molecule has 0 aromatic heterocycles. The summed E-state index contributed by atoms with van der Waals surface area (Å²) < 4.78 is 5.64. The number of carboxylic acid groups (broad SMARTS) is 1. The van der Waals surface area contributed by atoms with Gasteiger partial charge >= 0.3 is 5.97 Å². The molecule has 17 heavy (non-hydrogen) atoms. The van der Waals surface area contributed by atoms with Gasteiger partial charge in [-0.2, -0.15) is 0 Å². The third-order valence-electron chi connectivity index (χ3n) is 4.44. The third kappa shape index (κ3) is 2.80. The van der Waals surface area contributed by atoms with Gasteiger partial charge in [0.25, 0.3) is 0 Å². The molecule has 2 aliphatic rings. The first kappa shape index (κ1) is 12.8. The number of rotatable bonds is 4. The fourth-order valence-electron chi connectivity index (χ4n) is 3.64. The average molecular weight is 241 g/mol. The predicted molar refractivity (Wildman–Crippen MR) is 65.0 cm³/mol. The van der Waals surface area contributed by atoms with Crippen molar-refractivity contribution in [3.63, 3.8) is 0 Å². The van der Waals surface area contributed by atoms with E-state index in [1.807, 2.05) is 7.11 Å². The summed E-state index contributed by atoms with van der Waals surface area (Å²) in [4.78, 5) is 12.9. The molecule has 2 rings (SSSR count). The maximum atomic E-state index is 10.6. The number of nitrogens with zero attached hydrogens (tertiary/aromatic N) is 1. The lowest BCUT2D eigenvalue weighted by Gasteiger charge is -2.43. The first-order valence-electron chi connectivity index (χ1n) is 6.63. The van der Waals surface area contributed by atoms with Gasteiger partial charge in [-0.05, 0) is 32.2 Å². The smallest absolute Gasteiger partial charge is 0.304 e. The highest BCUT2D eigenvalue weighted by Gasteiger charge is 2.45. The molecule has 1 aliphatic carbocycles. The molecular weight excluding hydrogens is 218 g/mol. The van der Waals surface area contributed by atoms with E-state index >= 15 is 0 Å². The summed E-state index contributed by atoms with van der Waals surface area (Å²) in [5, 5.41) is 8.75. The molecule has 1 aliphatic heterocycles. The van der Waals surface area contributed by atoms with Gasteiger partial charge in [-0.3, -0.25) is 4.79 Å². The highest BCUT2D eigenvalue weighted by molar-refractivity contribution is 5.66. The van der Waals surface area contributed by atoms with E-state index in [9.17, 15) is 4.79 Å². The van der Waals surface area contributed by atoms with Crippen LogP contribution < -0.4 is 0 Å². The molecule has 1 saturated heterocycles. The van der Waals surface area contributed by atoms with Crippen molar-refractivity contribution >= 4 is 5.97 Å². The predicted octanol–water partition coefficient (Wildman–Crippen LogP) is 1.74. The first-order valence-corrected chi connectivity index (χ1v) is 6.63. The van der Waals surface area contributed by atoms with E-state index in [-0.39, 0.29) is 6.42 Å². The fraction of sp³-hybridized carbons (Fsp3) is 0.923. The number of piperidine rings is 1. The van der Waals surface area contributed by atoms with Crippen molar-refractivity contribution < 1.29 is 14.6 Å². The van der Waals surface area contributed by atoms with Crippen LogP contribution in [0.5, 0.6) is 0 Å². The number of aliphatic carboxylic acids is 1. The van der Waals surface area contributed by atoms with Crippen molar-refractivity contribution in [3.05, 3.63) is 0 Å². The van der Waals surface area contributed by atoms with E-state index in [0.717, 1.165) is 13.1 Å². The van der Waals surface area contributed by atoms with Gasteiger partial charge in [-0.15, -0.1) is 0 Å². The van der Waals surface area contributed by atoms with Gasteiger partial charge in [0.15, 0.2) is 0 Å². The largest absolute Gasteiger partial charge is 0.481 e. The number of carbonyl (C=O) groups is 1. The monoisotopic (exact) mass is 241 g/mol. The molecule has 1 heterocycles. The molecule has 0 amide bonds. The molecule has 2 fully saturated rings. The molecule has 0 radical (unpaired) electrons. The summed E-state index contributed by atoms with van der Waals surface area (Å²) in [6.07, 6.45) is 6.74. The van der Waals surface area contributed by atoms with Crippen LogP contribution in [0.2, 0.25) is 0 Å². The average Bonchev–Trinajstić information content (AvgIpc) is 2.69. The summed E-state index contributed by atoms with van der Waals surface area (Å²) in [5.74, 6) is -0.695. The summed E-state index contributed by atoms with van der Waals surface area (Å²) in [5.41, 5.74) is 0.311. The Kier molecular flexibility index (Phi) is 4.05. The topological polar surface area (TPSA) is 49.8 Å². The SMILES string of the molecule is CO[C@@H]1CCC[C@@]12CCCN(CCC(=O)O)C2. The number of ether oxygens (including phenoxy) is 1. The van der Waals surface area contributed by atoms with Gasteiger partial charge < -0.3 is 14.7 Å². The summed E-state index contributed by atoms with van der Waals surface area (Å²) in [7, 11) is 1.81. The van der Waals surface area contributed by atoms with E-state index in [2.05, 4.69) is 4.90 Å². The molecule has 1 spiro atoms. The molecule has 0 aromatic rings. The second-order valence-electron chi connectivity index (χ2n) is 5.50. The Morgan fingerprint density at radius 2 is 2.24 bits per heavy atom. The number of methoxy groups -OCH3 is 1. The molecule has 0 aromatic carbocycles. The molecule has 4 nitrogen and oxygen atoms in total. The second kappa shape index (κ2) is 5.36. The summed E-state index contributed by atoms with van der Waals surface area (Å²) >= 11 is 0. The number of likely N-dealkylation sites (tertiary alicyclic amines) is 1. The van der Waals surface area contributed by atoms with Crippen LogP contribution in [-0.4, -0.2) is 48.8 Å². The quantitative estimate of drug-likeness (QED) is 0.814. The molecule has 2 atom stereocenters. The Bertz CT molecular complexity index is 282. The molecule has 1 N–H and O–H groups in total. The molecule has 4 heteroatoms. The first-order chi connectivity index (χ1) is 8.16. The van der Waals surface area contributed by atoms with Crippen LogP contribution in [0.3, 0.4) is 0 Å². The maximum Gasteiger partial charge on any atom is 0.304 e. The molecule has 0 bridgehead atoms. The summed E-state index contributed by atoms with van der Waals surface area (Å²) in [6, 6.07) is 0. The van der Waals surface area contributed by atoms with E-state index < -0.39 is 5.97 Å². The molecule has 0 unspecified atom stereocenters. The van der Waals surface area contributed by atoms with Crippen LogP contribution in [0.1, 0.15) is 38.5 Å². The minimum atomic E-state index is -0.695. The van der Waals surface area contributed by atoms with Crippen molar-refractivity contribution in [3.8, 4) is 0 Å². The van der Waals surface area contributed by atoms with Crippen LogP contribution in [0.4, 0.5) is 0 Å². The second-order valence-corrected chi connectivity index (χ2v) is 5.50.